The molecule has 0 radical (unpaired) electrons. The fourth-order valence-electron chi connectivity index (χ4n) is 2.98. The molecule has 0 unspecified atom stereocenters. The fourth-order valence-corrected chi connectivity index (χ4v) is 2.98. The van der Waals surface area contributed by atoms with Gasteiger partial charge in [0.1, 0.15) is 5.78 Å². The van der Waals surface area contributed by atoms with Crippen LogP contribution in [0.4, 0.5) is 0 Å². The van der Waals surface area contributed by atoms with E-state index in [1.54, 1.807) is 13.2 Å². The number of fused-ring (bicyclic) bond motifs is 2. The molecular weight excluding hydrogens is 230 g/mol. The number of hydrogen-bond donors (Lipinski definition) is 1. The highest BCUT2D eigenvalue weighted by molar-refractivity contribution is 5.80. The summed E-state index contributed by atoms with van der Waals surface area (Å²) >= 11 is 0. The second-order valence-corrected chi connectivity index (χ2v) is 5.11. The van der Waals surface area contributed by atoms with E-state index < -0.39 is 0 Å². The molecule has 0 aliphatic carbocycles. The molecule has 18 heavy (non-hydrogen) atoms. The smallest absolute Gasteiger partial charge is 0.160 e. The van der Waals surface area contributed by atoms with Crippen LogP contribution < -0.4 is 4.74 Å². The van der Waals surface area contributed by atoms with E-state index in [0.29, 0.717) is 30.4 Å². The van der Waals surface area contributed by atoms with Gasteiger partial charge in [-0.3, -0.25) is 9.69 Å². The van der Waals surface area contributed by atoms with Crippen LogP contribution in [0.5, 0.6) is 11.5 Å². The molecule has 2 heterocycles. The van der Waals surface area contributed by atoms with E-state index in [0.717, 1.165) is 25.1 Å². The number of benzene rings is 1. The van der Waals surface area contributed by atoms with E-state index in [1.807, 2.05) is 6.07 Å². The van der Waals surface area contributed by atoms with Crippen LogP contribution in [-0.2, 0) is 17.8 Å². The van der Waals surface area contributed by atoms with Crippen molar-refractivity contribution in [1.82, 2.24) is 4.90 Å². The molecule has 2 aliphatic rings. The number of nitrogens with zero attached hydrogens (tertiary/aromatic N) is 1. The number of hydrogen-bond acceptors (Lipinski definition) is 4. The van der Waals surface area contributed by atoms with Crippen molar-refractivity contribution >= 4 is 5.78 Å². The molecule has 3 rings (SSSR count). The fraction of sp³-hybridized carbons (Fsp3) is 0.500. The summed E-state index contributed by atoms with van der Waals surface area (Å²) in [6.45, 7) is 1.67. The number of ether oxygens (including phenoxy) is 1. The van der Waals surface area contributed by atoms with Gasteiger partial charge in [-0.05, 0) is 29.7 Å². The van der Waals surface area contributed by atoms with Crippen molar-refractivity contribution in [2.45, 2.75) is 31.8 Å². The first-order chi connectivity index (χ1) is 8.67. The predicted molar refractivity (Wildman–Crippen MR) is 66.8 cm³/mol. The third-order valence-corrected chi connectivity index (χ3v) is 3.99. The molecule has 1 aromatic rings. The molecule has 1 atom stereocenters. The quantitative estimate of drug-likeness (QED) is 0.817. The van der Waals surface area contributed by atoms with E-state index in [1.165, 1.54) is 5.56 Å². The monoisotopic (exact) mass is 247 g/mol. The number of aromatic hydroxyl groups is 1. The Bertz CT molecular complexity index is 498. The lowest BCUT2D eigenvalue weighted by molar-refractivity contribution is -0.123. The molecule has 1 fully saturated rings. The maximum Gasteiger partial charge on any atom is 0.160 e. The van der Waals surface area contributed by atoms with Gasteiger partial charge in [-0.15, -0.1) is 0 Å². The topological polar surface area (TPSA) is 49.8 Å². The van der Waals surface area contributed by atoms with Crippen molar-refractivity contribution in [1.29, 1.82) is 0 Å². The lowest BCUT2D eigenvalue weighted by Gasteiger charge is -2.39. The lowest BCUT2D eigenvalue weighted by Crippen LogP contribution is -2.46. The Morgan fingerprint density at radius 1 is 1.33 bits per heavy atom. The van der Waals surface area contributed by atoms with E-state index >= 15 is 0 Å². The van der Waals surface area contributed by atoms with Gasteiger partial charge in [0.25, 0.3) is 0 Å². The Hall–Kier alpha value is -1.55. The predicted octanol–water partition coefficient (Wildman–Crippen LogP) is 1.49. The zero-order valence-corrected chi connectivity index (χ0v) is 10.5. The van der Waals surface area contributed by atoms with Crippen LogP contribution in [0.15, 0.2) is 12.1 Å². The van der Waals surface area contributed by atoms with Gasteiger partial charge in [-0.1, -0.05) is 0 Å². The Kier molecular flexibility index (Phi) is 2.74. The molecule has 0 bridgehead atoms. The van der Waals surface area contributed by atoms with Gasteiger partial charge in [-0.25, -0.2) is 0 Å². The second kappa shape index (κ2) is 4.28. The number of rotatable bonds is 1. The van der Waals surface area contributed by atoms with Gasteiger partial charge in [0.2, 0.25) is 0 Å². The summed E-state index contributed by atoms with van der Waals surface area (Å²) in [4.78, 5) is 13.9. The Morgan fingerprint density at radius 3 is 2.94 bits per heavy atom. The van der Waals surface area contributed by atoms with Crippen LogP contribution in [0.2, 0.25) is 0 Å². The SMILES string of the molecule is COc1cc2c(cc1O)CN1CCC(=O)C[C@H]1C2. The number of carbonyl (C=O) groups is 1. The molecule has 4 nitrogen and oxygen atoms in total. The molecule has 1 N–H and O–H groups in total. The van der Waals surface area contributed by atoms with Gasteiger partial charge < -0.3 is 9.84 Å². The zero-order valence-electron chi connectivity index (χ0n) is 10.5. The summed E-state index contributed by atoms with van der Waals surface area (Å²) in [5.41, 5.74) is 2.35. The highest BCUT2D eigenvalue weighted by Crippen LogP contribution is 2.35. The number of methoxy groups -OCH3 is 1. The number of ketones is 1. The van der Waals surface area contributed by atoms with Gasteiger partial charge in [0.15, 0.2) is 11.5 Å². The van der Waals surface area contributed by atoms with Crippen molar-refractivity contribution in [3.05, 3.63) is 23.3 Å². The average molecular weight is 247 g/mol. The first kappa shape index (κ1) is 11.5. The van der Waals surface area contributed by atoms with Crippen molar-refractivity contribution in [2.24, 2.45) is 0 Å². The van der Waals surface area contributed by atoms with E-state index in [9.17, 15) is 9.90 Å². The molecule has 0 spiro atoms. The summed E-state index contributed by atoms with van der Waals surface area (Å²) in [5, 5.41) is 9.81. The number of phenolic OH excluding ortho intramolecular Hbond substituents is 1. The summed E-state index contributed by atoms with van der Waals surface area (Å²) in [6, 6.07) is 4.02. The number of phenols is 1. The molecule has 4 heteroatoms. The van der Waals surface area contributed by atoms with Gasteiger partial charge in [0.05, 0.1) is 7.11 Å². The normalized spacial score (nSPS) is 23.4. The molecule has 1 aromatic carbocycles. The molecule has 1 saturated heterocycles. The van der Waals surface area contributed by atoms with Crippen LogP contribution in [0.3, 0.4) is 0 Å². The summed E-state index contributed by atoms with van der Waals surface area (Å²) in [6.07, 6.45) is 2.19. The minimum atomic E-state index is 0.197. The Morgan fingerprint density at radius 2 is 2.17 bits per heavy atom. The maximum absolute atomic E-state index is 11.5. The van der Waals surface area contributed by atoms with Gasteiger partial charge in [0, 0.05) is 32.0 Å². The second-order valence-electron chi connectivity index (χ2n) is 5.11. The largest absolute Gasteiger partial charge is 0.504 e. The first-order valence-corrected chi connectivity index (χ1v) is 6.32. The van der Waals surface area contributed by atoms with Crippen molar-refractivity contribution < 1.29 is 14.6 Å². The van der Waals surface area contributed by atoms with Gasteiger partial charge in [-0.2, -0.15) is 0 Å². The third kappa shape index (κ3) is 1.86. The van der Waals surface area contributed by atoms with E-state index in [2.05, 4.69) is 4.90 Å². The zero-order chi connectivity index (χ0) is 12.7. The minimum absolute atomic E-state index is 0.197. The highest BCUT2D eigenvalue weighted by Gasteiger charge is 2.32. The van der Waals surface area contributed by atoms with Crippen LogP contribution in [0.1, 0.15) is 24.0 Å². The third-order valence-electron chi connectivity index (χ3n) is 3.99. The summed E-state index contributed by atoms with van der Waals surface area (Å²) in [7, 11) is 1.56. The molecule has 0 saturated carbocycles. The molecule has 0 amide bonds. The lowest BCUT2D eigenvalue weighted by atomic mass is 9.88. The maximum atomic E-state index is 11.5. The van der Waals surface area contributed by atoms with Gasteiger partial charge >= 0.3 is 0 Å². The molecule has 0 aromatic heterocycles. The standard InChI is InChI=1S/C14H17NO3/c1-18-14-6-9-4-11-7-12(16)2-3-15(11)8-10(9)5-13(14)17/h5-6,11,17H,2-4,7-8H2,1H3/t11-/m1/s1. The summed E-state index contributed by atoms with van der Waals surface area (Å²) in [5.74, 6) is 1.08. The Labute approximate surface area is 106 Å². The van der Waals surface area contributed by atoms with Crippen LogP contribution in [0, 0.1) is 0 Å². The first-order valence-electron chi connectivity index (χ1n) is 6.32. The van der Waals surface area contributed by atoms with Crippen LogP contribution in [0.25, 0.3) is 0 Å². The van der Waals surface area contributed by atoms with E-state index in [4.69, 9.17) is 4.74 Å². The Balaban J connectivity index is 1.93. The van der Waals surface area contributed by atoms with Crippen molar-refractivity contribution in [3.8, 4) is 11.5 Å². The van der Waals surface area contributed by atoms with Crippen molar-refractivity contribution in [3.63, 3.8) is 0 Å². The summed E-state index contributed by atoms with van der Waals surface area (Å²) < 4.78 is 5.14. The minimum Gasteiger partial charge on any atom is -0.504 e. The molecular formula is C14H17NO3. The molecule has 96 valence electrons. The number of carbonyl (C=O) groups excluding carboxylic acids is 1. The number of piperidine rings is 1. The van der Waals surface area contributed by atoms with Crippen LogP contribution in [-0.4, -0.2) is 35.5 Å². The van der Waals surface area contributed by atoms with E-state index in [-0.39, 0.29) is 5.75 Å². The number of Topliss-reactive ketones (excluding diaryl/α,β-unsaturated/α-hetero) is 1. The average Bonchev–Trinajstić information content (AvgIpc) is 2.36. The molecule has 2 aliphatic heterocycles. The van der Waals surface area contributed by atoms with Crippen LogP contribution >= 0.6 is 0 Å². The van der Waals surface area contributed by atoms with Crippen molar-refractivity contribution in [2.75, 3.05) is 13.7 Å². The highest BCUT2D eigenvalue weighted by atomic mass is 16.5.